The number of urea groups is 1. The molecule has 0 saturated carbocycles. The van der Waals surface area contributed by atoms with Crippen LogP contribution in [0.3, 0.4) is 0 Å². The van der Waals surface area contributed by atoms with Gasteiger partial charge in [-0.15, -0.1) is 10.2 Å². The van der Waals surface area contributed by atoms with E-state index in [0.717, 1.165) is 11.3 Å². The average molecular weight is 460 g/mol. The largest absolute Gasteiger partial charge is 0.497 e. The van der Waals surface area contributed by atoms with Gasteiger partial charge >= 0.3 is 6.03 Å². The lowest BCUT2D eigenvalue weighted by atomic mass is 10.1. The number of thioether (sulfide) groups is 1. The minimum Gasteiger partial charge on any atom is -0.497 e. The molecule has 0 aliphatic rings. The molecule has 0 bridgehead atoms. The minimum atomic E-state index is -0.894. The molecule has 0 spiro atoms. The molecule has 8 nitrogen and oxygen atoms in total. The molecule has 3 rings (SSSR count). The zero-order valence-corrected chi connectivity index (χ0v) is 18.8. The number of amides is 3. The van der Waals surface area contributed by atoms with Crippen LogP contribution in [0, 0.1) is 5.92 Å². The van der Waals surface area contributed by atoms with Crippen molar-refractivity contribution in [1.29, 1.82) is 0 Å². The van der Waals surface area contributed by atoms with E-state index in [1.807, 2.05) is 54.8 Å². The van der Waals surface area contributed by atoms with Crippen molar-refractivity contribution in [3.05, 3.63) is 53.6 Å². The monoisotopic (exact) mass is 459 g/mol. The van der Waals surface area contributed by atoms with Crippen LogP contribution in [0.5, 0.6) is 5.75 Å². The first kappa shape index (κ1) is 22.6. The number of nitrogens with zero attached hydrogens (tertiary/aromatic N) is 3. The summed E-state index contributed by atoms with van der Waals surface area (Å²) in [5.74, 6) is 0.719. The molecule has 1 atom stereocenters. The Kier molecular flexibility index (Phi) is 7.19. The van der Waals surface area contributed by atoms with Gasteiger partial charge in [-0.05, 0) is 54.4 Å². The Balaban J connectivity index is 2.07. The average Bonchev–Trinajstić information content (AvgIpc) is 3.15. The SMILES string of the molecule is COc1ccc(-n2c(S[C@H](C(=O)NC(N)=O)C(C)C)nnc2-c2ccc(Cl)cc2)cc1. The number of carbonyl (C=O) groups excluding carboxylic acids is 2. The second kappa shape index (κ2) is 9.84. The van der Waals surface area contributed by atoms with E-state index in [0.29, 0.717) is 21.8 Å². The number of rotatable bonds is 7. The molecule has 0 fully saturated rings. The molecule has 1 heterocycles. The van der Waals surface area contributed by atoms with Gasteiger partial charge in [-0.1, -0.05) is 37.2 Å². The summed E-state index contributed by atoms with van der Waals surface area (Å²) in [5.41, 5.74) is 6.73. The number of nitrogens with one attached hydrogen (secondary N) is 1. The molecule has 31 heavy (non-hydrogen) atoms. The summed E-state index contributed by atoms with van der Waals surface area (Å²) in [7, 11) is 1.60. The lowest BCUT2D eigenvalue weighted by Crippen LogP contribution is -2.42. The fourth-order valence-corrected chi connectivity index (χ4v) is 4.07. The van der Waals surface area contributed by atoms with Gasteiger partial charge in [0.05, 0.1) is 12.4 Å². The van der Waals surface area contributed by atoms with E-state index >= 15 is 0 Å². The molecule has 0 aliphatic heterocycles. The van der Waals surface area contributed by atoms with Crippen molar-refractivity contribution in [2.75, 3.05) is 7.11 Å². The molecule has 3 amide bonds. The highest BCUT2D eigenvalue weighted by Crippen LogP contribution is 2.33. The molecule has 1 aromatic heterocycles. The van der Waals surface area contributed by atoms with Crippen LogP contribution in [-0.2, 0) is 4.79 Å². The summed E-state index contributed by atoms with van der Waals surface area (Å²) in [4.78, 5) is 23.7. The van der Waals surface area contributed by atoms with Gasteiger partial charge in [0.2, 0.25) is 5.91 Å². The molecule has 0 radical (unpaired) electrons. The first-order valence-electron chi connectivity index (χ1n) is 9.43. The number of ether oxygens (including phenoxy) is 1. The number of nitrogens with two attached hydrogens (primary N) is 1. The number of imide groups is 1. The van der Waals surface area contributed by atoms with Crippen molar-refractivity contribution in [1.82, 2.24) is 20.1 Å². The third-order valence-corrected chi connectivity index (χ3v) is 6.15. The van der Waals surface area contributed by atoms with Crippen molar-refractivity contribution in [3.8, 4) is 22.8 Å². The zero-order valence-electron chi connectivity index (χ0n) is 17.2. The molecule has 2 aromatic carbocycles. The van der Waals surface area contributed by atoms with E-state index in [4.69, 9.17) is 22.1 Å². The fraction of sp³-hybridized carbons (Fsp3) is 0.238. The van der Waals surface area contributed by atoms with E-state index in [2.05, 4.69) is 15.5 Å². The van der Waals surface area contributed by atoms with E-state index in [9.17, 15) is 9.59 Å². The number of primary amides is 1. The summed E-state index contributed by atoms with van der Waals surface area (Å²) in [6.45, 7) is 3.76. The highest BCUT2D eigenvalue weighted by molar-refractivity contribution is 8.00. The summed E-state index contributed by atoms with van der Waals surface area (Å²) in [5, 5.41) is 11.3. The highest BCUT2D eigenvalue weighted by atomic mass is 35.5. The lowest BCUT2D eigenvalue weighted by molar-refractivity contribution is -0.120. The molecule has 10 heteroatoms. The number of hydrogen-bond donors (Lipinski definition) is 2. The van der Waals surface area contributed by atoms with Crippen LogP contribution in [0.2, 0.25) is 5.02 Å². The van der Waals surface area contributed by atoms with Gasteiger partial charge in [0.25, 0.3) is 0 Å². The Morgan fingerprint density at radius 2 is 1.74 bits per heavy atom. The van der Waals surface area contributed by atoms with Crippen molar-refractivity contribution in [3.63, 3.8) is 0 Å². The first-order valence-corrected chi connectivity index (χ1v) is 10.7. The van der Waals surface area contributed by atoms with E-state index in [1.165, 1.54) is 11.8 Å². The number of methoxy groups -OCH3 is 1. The number of aromatic nitrogens is 3. The van der Waals surface area contributed by atoms with E-state index < -0.39 is 17.2 Å². The lowest BCUT2D eigenvalue weighted by Gasteiger charge is -2.19. The van der Waals surface area contributed by atoms with Crippen LogP contribution >= 0.6 is 23.4 Å². The van der Waals surface area contributed by atoms with Crippen molar-refractivity contribution >= 4 is 35.3 Å². The Morgan fingerprint density at radius 1 is 1.10 bits per heavy atom. The number of hydrogen-bond acceptors (Lipinski definition) is 6. The maximum absolute atomic E-state index is 12.5. The van der Waals surface area contributed by atoms with Crippen LogP contribution in [0.1, 0.15) is 13.8 Å². The van der Waals surface area contributed by atoms with Crippen molar-refractivity contribution < 1.29 is 14.3 Å². The number of halogens is 1. The van der Waals surface area contributed by atoms with Gasteiger partial charge in [0, 0.05) is 16.3 Å². The van der Waals surface area contributed by atoms with Gasteiger partial charge in [0.1, 0.15) is 5.75 Å². The quantitative estimate of drug-likeness (QED) is 0.518. The fourth-order valence-electron chi connectivity index (χ4n) is 2.89. The number of benzene rings is 2. The zero-order chi connectivity index (χ0) is 22.5. The van der Waals surface area contributed by atoms with Gasteiger partial charge < -0.3 is 10.5 Å². The topological polar surface area (TPSA) is 112 Å². The predicted octanol–water partition coefficient (Wildman–Crippen LogP) is 3.91. The Hall–Kier alpha value is -3.04. The standard InChI is InChI=1S/C21H22ClN5O3S/c1-12(2)17(19(28)24-20(23)29)31-21-26-25-18(13-4-6-14(22)7-5-13)27(21)15-8-10-16(30-3)11-9-15/h4-12,17H,1-3H3,(H3,23,24,28,29)/t17-/m0/s1. The van der Waals surface area contributed by atoms with Crippen LogP contribution < -0.4 is 15.8 Å². The van der Waals surface area contributed by atoms with Crippen LogP contribution in [0.4, 0.5) is 4.79 Å². The van der Waals surface area contributed by atoms with Gasteiger partial charge in [-0.25, -0.2) is 4.79 Å². The molecule has 3 aromatic rings. The van der Waals surface area contributed by atoms with Crippen molar-refractivity contribution in [2.24, 2.45) is 11.7 Å². The molecule has 0 unspecified atom stereocenters. The summed E-state index contributed by atoms with van der Waals surface area (Å²) in [6.07, 6.45) is 0. The third-order valence-electron chi connectivity index (χ3n) is 4.41. The maximum Gasteiger partial charge on any atom is 0.318 e. The maximum atomic E-state index is 12.5. The second-order valence-corrected chi connectivity index (χ2v) is 8.53. The molecular formula is C21H22ClN5O3S. The van der Waals surface area contributed by atoms with E-state index in [-0.39, 0.29) is 5.92 Å². The molecule has 0 aliphatic carbocycles. The molecule has 162 valence electrons. The number of carbonyl (C=O) groups is 2. The Bertz CT molecular complexity index is 1070. The first-order chi connectivity index (χ1) is 14.8. The minimum absolute atomic E-state index is 0.0932. The van der Waals surface area contributed by atoms with Crippen LogP contribution in [0.25, 0.3) is 17.1 Å². The highest BCUT2D eigenvalue weighted by Gasteiger charge is 2.28. The van der Waals surface area contributed by atoms with Crippen molar-refractivity contribution in [2.45, 2.75) is 24.3 Å². The summed E-state index contributed by atoms with van der Waals surface area (Å²) < 4.78 is 7.10. The van der Waals surface area contributed by atoms with Gasteiger partial charge in [0.15, 0.2) is 11.0 Å². The summed E-state index contributed by atoms with van der Waals surface area (Å²) >= 11 is 7.24. The Morgan fingerprint density at radius 3 is 2.29 bits per heavy atom. The molecule has 3 N–H and O–H groups in total. The van der Waals surface area contributed by atoms with Gasteiger partial charge in [-0.2, -0.15) is 0 Å². The third kappa shape index (κ3) is 5.36. The predicted molar refractivity (Wildman–Crippen MR) is 121 cm³/mol. The summed E-state index contributed by atoms with van der Waals surface area (Å²) in [6, 6.07) is 13.8. The van der Waals surface area contributed by atoms with Crippen LogP contribution in [-0.4, -0.2) is 39.1 Å². The van der Waals surface area contributed by atoms with Crippen LogP contribution in [0.15, 0.2) is 53.7 Å². The van der Waals surface area contributed by atoms with Gasteiger partial charge in [-0.3, -0.25) is 14.7 Å². The Labute approximate surface area is 189 Å². The van der Waals surface area contributed by atoms with E-state index in [1.54, 1.807) is 19.2 Å². The molecular weight excluding hydrogens is 438 g/mol. The second-order valence-electron chi connectivity index (χ2n) is 6.98. The normalized spacial score (nSPS) is 11.9. The smallest absolute Gasteiger partial charge is 0.318 e. The molecule has 0 saturated heterocycles.